The van der Waals surface area contributed by atoms with Crippen molar-refractivity contribution in [2.24, 2.45) is 11.8 Å². The highest BCUT2D eigenvalue weighted by molar-refractivity contribution is 5.99. The fourth-order valence-electron chi connectivity index (χ4n) is 5.83. The predicted octanol–water partition coefficient (Wildman–Crippen LogP) is 0.847. The number of carbonyl (C=O) groups excluding carboxylic acids is 4. The van der Waals surface area contributed by atoms with Crippen molar-refractivity contribution < 1.29 is 24.4 Å². The quantitative estimate of drug-likeness (QED) is 0.325. The molecule has 0 radical (unpaired) electrons. The van der Waals surface area contributed by atoms with E-state index in [9.17, 15) is 24.4 Å². The van der Waals surface area contributed by atoms with Gasteiger partial charge in [0.15, 0.2) is 0 Å². The Hall–Kier alpha value is -3.01. The fourth-order valence-corrected chi connectivity index (χ4v) is 5.83. The van der Waals surface area contributed by atoms with Crippen LogP contribution in [0.2, 0.25) is 0 Å². The standard InChI is InChI=1S/C22H29N5O5/c28-14-26(32)13-15-12-16-4-3-8-22(16)9-6-18(27(22)20(15)30)19(29)25-21(31)24-11-7-17-5-1-2-10-23-17/h1-2,5,10,14-16,18,32H,3-4,6-9,11-13H2,(H2,24,25,29,31)/t15-,16?,18+,22?/m1/s1. The zero-order valence-corrected chi connectivity index (χ0v) is 17.9. The van der Waals surface area contributed by atoms with Crippen molar-refractivity contribution in [2.75, 3.05) is 13.1 Å². The van der Waals surface area contributed by atoms with E-state index in [0.29, 0.717) is 30.9 Å². The Labute approximate surface area is 186 Å². The third-order valence-corrected chi connectivity index (χ3v) is 7.18. The van der Waals surface area contributed by atoms with Crippen molar-refractivity contribution in [1.82, 2.24) is 25.6 Å². The molecule has 2 saturated heterocycles. The number of hydroxylamine groups is 2. The number of rotatable bonds is 7. The molecule has 4 rings (SSSR count). The van der Waals surface area contributed by atoms with E-state index in [-0.39, 0.29) is 30.3 Å². The van der Waals surface area contributed by atoms with Gasteiger partial charge < -0.3 is 10.2 Å². The van der Waals surface area contributed by atoms with Crippen LogP contribution in [0, 0.1) is 11.8 Å². The molecular formula is C22H29N5O5. The summed E-state index contributed by atoms with van der Waals surface area (Å²) >= 11 is 0. The second-order valence-electron chi connectivity index (χ2n) is 8.93. The lowest BCUT2D eigenvalue weighted by molar-refractivity contribution is -0.166. The molecule has 1 spiro atoms. The number of imide groups is 1. The second kappa shape index (κ2) is 9.23. The Bertz CT molecular complexity index is 881. The summed E-state index contributed by atoms with van der Waals surface area (Å²) in [5.74, 6) is -1.04. The maximum absolute atomic E-state index is 13.3. The Morgan fingerprint density at radius 3 is 2.91 bits per heavy atom. The first kappa shape index (κ1) is 22.2. The molecule has 3 aliphatic rings. The van der Waals surface area contributed by atoms with Crippen LogP contribution in [0.25, 0.3) is 0 Å². The molecule has 0 bridgehead atoms. The lowest BCUT2D eigenvalue weighted by Crippen LogP contribution is -2.63. The first-order valence-corrected chi connectivity index (χ1v) is 11.2. The number of hydrogen-bond donors (Lipinski definition) is 3. The highest BCUT2D eigenvalue weighted by Gasteiger charge is 2.61. The van der Waals surface area contributed by atoms with Crippen molar-refractivity contribution in [3.8, 4) is 0 Å². The molecular weight excluding hydrogens is 414 g/mol. The summed E-state index contributed by atoms with van der Waals surface area (Å²) in [7, 11) is 0. The highest BCUT2D eigenvalue weighted by Crippen LogP contribution is 2.54. The van der Waals surface area contributed by atoms with Crippen molar-refractivity contribution in [3.63, 3.8) is 0 Å². The lowest BCUT2D eigenvalue weighted by Gasteiger charge is -2.49. The largest absolute Gasteiger partial charge is 0.337 e. The average Bonchev–Trinajstić information content (AvgIpc) is 3.38. The van der Waals surface area contributed by atoms with Gasteiger partial charge in [0.05, 0.1) is 12.5 Å². The summed E-state index contributed by atoms with van der Waals surface area (Å²) in [6, 6.07) is 4.22. The summed E-state index contributed by atoms with van der Waals surface area (Å²) in [5.41, 5.74) is 0.481. The molecule has 3 heterocycles. The molecule has 1 aromatic rings. The van der Waals surface area contributed by atoms with Gasteiger partial charge >= 0.3 is 6.03 Å². The number of carbonyl (C=O) groups is 4. The van der Waals surface area contributed by atoms with E-state index in [1.807, 2.05) is 18.2 Å². The third-order valence-electron chi connectivity index (χ3n) is 7.18. The van der Waals surface area contributed by atoms with Gasteiger partial charge in [0.25, 0.3) is 5.91 Å². The molecule has 3 fully saturated rings. The molecule has 1 aromatic heterocycles. The number of nitrogens with one attached hydrogen (secondary N) is 2. The molecule has 172 valence electrons. The van der Waals surface area contributed by atoms with Gasteiger partial charge in [-0.3, -0.25) is 29.9 Å². The minimum atomic E-state index is -0.726. The first-order chi connectivity index (χ1) is 15.4. The predicted molar refractivity (Wildman–Crippen MR) is 112 cm³/mol. The normalized spacial score (nSPS) is 28.6. The van der Waals surface area contributed by atoms with Crippen LogP contribution < -0.4 is 10.6 Å². The smallest absolute Gasteiger partial charge is 0.321 e. The summed E-state index contributed by atoms with van der Waals surface area (Å²) in [6.07, 6.45) is 7.10. The van der Waals surface area contributed by atoms with E-state index in [0.717, 1.165) is 31.4 Å². The summed E-state index contributed by atoms with van der Waals surface area (Å²) in [6.45, 7) is 0.239. The number of piperidine rings is 1. The minimum Gasteiger partial charge on any atom is -0.337 e. The number of aromatic nitrogens is 1. The molecule has 3 N–H and O–H groups in total. The van der Waals surface area contributed by atoms with Gasteiger partial charge in [-0.05, 0) is 50.2 Å². The van der Waals surface area contributed by atoms with E-state index in [1.54, 1.807) is 11.1 Å². The van der Waals surface area contributed by atoms with Gasteiger partial charge in [0, 0.05) is 30.4 Å². The topological polar surface area (TPSA) is 132 Å². The Balaban J connectivity index is 1.39. The molecule has 5 amide bonds. The van der Waals surface area contributed by atoms with Crippen LogP contribution in [-0.4, -0.2) is 69.1 Å². The van der Waals surface area contributed by atoms with Crippen LogP contribution in [0.3, 0.4) is 0 Å². The van der Waals surface area contributed by atoms with Gasteiger partial charge in [0.2, 0.25) is 12.3 Å². The van der Waals surface area contributed by atoms with Crippen molar-refractivity contribution >= 4 is 24.3 Å². The van der Waals surface area contributed by atoms with E-state index in [4.69, 9.17) is 0 Å². The van der Waals surface area contributed by atoms with Crippen molar-refractivity contribution in [3.05, 3.63) is 30.1 Å². The summed E-state index contributed by atoms with van der Waals surface area (Å²) in [4.78, 5) is 55.3. The third kappa shape index (κ3) is 4.19. The maximum atomic E-state index is 13.3. The SMILES string of the molecule is O=CN(O)C[C@H]1CC2CCCC23CC[C@@H](C(=O)NC(=O)NCCc2ccccn2)N3C1=O. The first-order valence-electron chi connectivity index (χ1n) is 11.2. The van der Waals surface area contributed by atoms with Crippen LogP contribution in [0.15, 0.2) is 24.4 Å². The zero-order valence-electron chi connectivity index (χ0n) is 17.9. The van der Waals surface area contributed by atoms with Gasteiger partial charge in [-0.2, -0.15) is 0 Å². The zero-order chi connectivity index (χ0) is 22.7. The molecule has 1 saturated carbocycles. The van der Waals surface area contributed by atoms with Crippen LogP contribution in [0.4, 0.5) is 4.79 Å². The fraction of sp³-hybridized carbons (Fsp3) is 0.591. The molecule has 4 atom stereocenters. The number of hydrogen-bond acceptors (Lipinski definition) is 6. The molecule has 1 aliphatic carbocycles. The van der Waals surface area contributed by atoms with Crippen LogP contribution >= 0.6 is 0 Å². The number of nitrogens with zero attached hydrogens (tertiary/aromatic N) is 3. The number of amides is 5. The Morgan fingerprint density at radius 1 is 1.31 bits per heavy atom. The maximum Gasteiger partial charge on any atom is 0.321 e. The molecule has 10 nitrogen and oxygen atoms in total. The van der Waals surface area contributed by atoms with Gasteiger partial charge in [-0.25, -0.2) is 9.86 Å². The van der Waals surface area contributed by atoms with Gasteiger partial charge in [0.1, 0.15) is 6.04 Å². The number of urea groups is 1. The monoisotopic (exact) mass is 443 g/mol. The molecule has 0 aromatic carbocycles. The van der Waals surface area contributed by atoms with Crippen LogP contribution in [0.1, 0.15) is 44.2 Å². The van der Waals surface area contributed by atoms with Crippen LogP contribution in [-0.2, 0) is 20.8 Å². The van der Waals surface area contributed by atoms with E-state index >= 15 is 0 Å². The van der Waals surface area contributed by atoms with Crippen molar-refractivity contribution in [2.45, 2.75) is 56.5 Å². The number of pyridine rings is 1. The van der Waals surface area contributed by atoms with E-state index < -0.39 is 23.9 Å². The summed E-state index contributed by atoms with van der Waals surface area (Å²) < 4.78 is 0. The second-order valence-corrected chi connectivity index (χ2v) is 8.93. The Morgan fingerprint density at radius 2 is 2.16 bits per heavy atom. The molecule has 2 aliphatic heterocycles. The molecule has 32 heavy (non-hydrogen) atoms. The van der Waals surface area contributed by atoms with E-state index in [1.165, 1.54) is 0 Å². The average molecular weight is 444 g/mol. The van der Waals surface area contributed by atoms with Gasteiger partial charge in [-0.15, -0.1) is 0 Å². The lowest BCUT2D eigenvalue weighted by atomic mass is 9.74. The van der Waals surface area contributed by atoms with E-state index in [2.05, 4.69) is 15.6 Å². The summed E-state index contributed by atoms with van der Waals surface area (Å²) in [5, 5.41) is 15.2. The van der Waals surface area contributed by atoms with Gasteiger partial charge in [-0.1, -0.05) is 12.5 Å². The Kier molecular flexibility index (Phi) is 6.40. The minimum absolute atomic E-state index is 0.0895. The van der Waals surface area contributed by atoms with Crippen molar-refractivity contribution in [1.29, 1.82) is 0 Å². The molecule has 10 heteroatoms. The highest BCUT2D eigenvalue weighted by atomic mass is 16.5. The van der Waals surface area contributed by atoms with Crippen LogP contribution in [0.5, 0.6) is 0 Å². The molecule has 2 unspecified atom stereocenters.